The Balaban J connectivity index is 1.67. The van der Waals surface area contributed by atoms with Gasteiger partial charge >= 0.3 is 0 Å². The molecule has 3 saturated heterocycles. The van der Waals surface area contributed by atoms with E-state index in [1.165, 1.54) is 5.56 Å². The maximum atomic E-state index is 13.3. The van der Waals surface area contributed by atoms with E-state index in [0.717, 1.165) is 42.4 Å². The molecule has 5 heteroatoms. The number of aryl methyl sites for hydroxylation is 2. The van der Waals surface area contributed by atoms with Gasteiger partial charge in [0, 0.05) is 43.5 Å². The summed E-state index contributed by atoms with van der Waals surface area (Å²) >= 11 is 0. The molecule has 5 nitrogen and oxygen atoms in total. The van der Waals surface area contributed by atoms with Gasteiger partial charge in [-0.25, -0.2) is 0 Å². The zero-order valence-electron chi connectivity index (χ0n) is 15.1. The van der Waals surface area contributed by atoms with Crippen molar-refractivity contribution in [2.75, 3.05) is 19.6 Å². The number of carbonyl (C=O) groups excluding carboxylic acids is 2. The Labute approximate surface area is 148 Å². The predicted octanol–water partition coefficient (Wildman–Crippen LogP) is 2.87. The largest absolute Gasteiger partial charge is 0.350 e. The van der Waals surface area contributed by atoms with Gasteiger partial charge in [-0.15, -0.1) is 0 Å². The third-order valence-electron chi connectivity index (χ3n) is 5.85. The molecule has 1 aromatic heterocycles. The monoisotopic (exact) mass is 339 g/mol. The fourth-order valence-corrected chi connectivity index (χ4v) is 4.39. The van der Waals surface area contributed by atoms with Crippen molar-refractivity contribution in [1.82, 2.24) is 14.8 Å². The van der Waals surface area contributed by atoms with Crippen LogP contribution < -0.4 is 0 Å². The molecular formula is C20H25N3O2. The summed E-state index contributed by atoms with van der Waals surface area (Å²) in [4.78, 5) is 32.4. The molecule has 132 valence electrons. The van der Waals surface area contributed by atoms with Gasteiger partial charge in [-0.2, -0.15) is 0 Å². The topological polar surface area (TPSA) is 56.4 Å². The number of aromatic amines is 1. The molecule has 3 aliphatic heterocycles. The average Bonchev–Trinajstić information content (AvgIpc) is 2.76. The summed E-state index contributed by atoms with van der Waals surface area (Å²) in [5.41, 5.74) is 3.92. The van der Waals surface area contributed by atoms with Crippen LogP contribution in [0.1, 0.15) is 41.4 Å². The van der Waals surface area contributed by atoms with Crippen molar-refractivity contribution in [2.24, 2.45) is 5.92 Å². The van der Waals surface area contributed by atoms with Crippen LogP contribution >= 0.6 is 0 Å². The van der Waals surface area contributed by atoms with E-state index in [2.05, 4.69) is 24.0 Å². The lowest BCUT2D eigenvalue weighted by atomic mass is 9.94. The number of carbonyl (C=O) groups is 2. The summed E-state index contributed by atoms with van der Waals surface area (Å²) in [5.74, 6) is 0.577. The van der Waals surface area contributed by atoms with Crippen LogP contribution in [-0.4, -0.2) is 52.3 Å². The molecule has 0 unspecified atom stereocenters. The number of piperidine rings is 1. The second-order valence-electron chi connectivity index (χ2n) is 7.65. The van der Waals surface area contributed by atoms with Crippen LogP contribution in [-0.2, 0) is 4.79 Å². The Morgan fingerprint density at radius 2 is 1.92 bits per heavy atom. The minimum Gasteiger partial charge on any atom is -0.350 e. The SMILES string of the molecule is CC(=O)N1C[C@H]2CC[C@@H](C1)N(C(=O)c1[nH]c3ccc(C)cc3c1C)C2. The van der Waals surface area contributed by atoms with Gasteiger partial charge in [-0.1, -0.05) is 11.6 Å². The number of rotatable bonds is 1. The van der Waals surface area contributed by atoms with Gasteiger partial charge in [0.25, 0.3) is 5.91 Å². The highest BCUT2D eigenvalue weighted by Crippen LogP contribution is 2.31. The number of hydrogen-bond acceptors (Lipinski definition) is 2. The van der Waals surface area contributed by atoms with Gasteiger partial charge in [0.05, 0.1) is 0 Å². The molecule has 1 N–H and O–H groups in total. The lowest BCUT2D eigenvalue weighted by Crippen LogP contribution is -2.47. The van der Waals surface area contributed by atoms with Crippen LogP contribution in [0.5, 0.6) is 0 Å². The van der Waals surface area contributed by atoms with Crippen LogP contribution in [0.3, 0.4) is 0 Å². The Bertz CT molecular complexity index is 854. The number of nitrogens with one attached hydrogen (secondary N) is 1. The first-order chi connectivity index (χ1) is 11.9. The normalized spacial score (nSPS) is 23.2. The van der Waals surface area contributed by atoms with Crippen molar-refractivity contribution >= 4 is 22.7 Å². The van der Waals surface area contributed by atoms with E-state index in [9.17, 15) is 9.59 Å². The molecule has 1 aromatic carbocycles. The van der Waals surface area contributed by atoms with Crippen LogP contribution in [0.25, 0.3) is 10.9 Å². The van der Waals surface area contributed by atoms with Crippen molar-refractivity contribution in [2.45, 2.75) is 39.7 Å². The summed E-state index contributed by atoms with van der Waals surface area (Å²) in [7, 11) is 0. The molecule has 0 aliphatic carbocycles. The first-order valence-electron chi connectivity index (χ1n) is 9.09. The molecule has 0 spiro atoms. The Morgan fingerprint density at radius 1 is 1.12 bits per heavy atom. The molecule has 0 saturated carbocycles. The molecule has 2 bridgehead atoms. The third-order valence-corrected chi connectivity index (χ3v) is 5.85. The molecule has 2 amide bonds. The van der Waals surface area contributed by atoms with E-state index in [0.29, 0.717) is 18.2 Å². The highest BCUT2D eigenvalue weighted by atomic mass is 16.2. The van der Waals surface area contributed by atoms with E-state index < -0.39 is 0 Å². The molecule has 2 aromatic rings. The van der Waals surface area contributed by atoms with Crippen molar-refractivity contribution < 1.29 is 9.59 Å². The first-order valence-corrected chi connectivity index (χ1v) is 9.09. The lowest BCUT2D eigenvalue weighted by Gasteiger charge is -2.36. The Hall–Kier alpha value is -2.30. The zero-order valence-corrected chi connectivity index (χ0v) is 15.1. The minimum atomic E-state index is 0.0754. The molecule has 25 heavy (non-hydrogen) atoms. The molecule has 3 aliphatic rings. The lowest BCUT2D eigenvalue weighted by molar-refractivity contribution is -0.129. The summed E-state index contributed by atoms with van der Waals surface area (Å²) in [6, 6.07) is 6.36. The highest BCUT2D eigenvalue weighted by Gasteiger charge is 2.38. The molecule has 3 fully saturated rings. The standard InChI is InChI=1S/C20H25N3O2/c1-12-4-7-18-17(8-12)13(2)19(21-18)20(25)23-10-15-5-6-16(23)11-22(9-15)14(3)24/h4,7-8,15-16,21H,5-6,9-11H2,1-3H3/t15-,16+/m1/s1. The summed E-state index contributed by atoms with van der Waals surface area (Å²) < 4.78 is 0. The maximum absolute atomic E-state index is 13.3. The van der Waals surface area contributed by atoms with Gasteiger partial charge in [-0.05, 0) is 50.3 Å². The van der Waals surface area contributed by atoms with Crippen LogP contribution in [0.15, 0.2) is 18.2 Å². The highest BCUT2D eigenvalue weighted by molar-refractivity contribution is 6.01. The molecule has 2 atom stereocenters. The molecular weight excluding hydrogens is 314 g/mol. The maximum Gasteiger partial charge on any atom is 0.270 e. The molecule has 5 rings (SSSR count). The number of hydrogen-bond donors (Lipinski definition) is 1. The van der Waals surface area contributed by atoms with E-state index in [4.69, 9.17) is 0 Å². The van der Waals surface area contributed by atoms with Crippen molar-refractivity contribution in [1.29, 1.82) is 0 Å². The number of fused-ring (bicyclic) bond motifs is 5. The van der Waals surface area contributed by atoms with Crippen molar-refractivity contribution in [3.05, 3.63) is 35.0 Å². The number of aromatic nitrogens is 1. The first kappa shape index (κ1) is 16.2. The minimum absolute atomic E-state index is 0.0754. The van der Waals surface area contributed by atoms with E-state index >= 15 is 0 Å². The van der Waals surface area contributed by atoms with Gasteiger partial charge in [0.1, 0.15) is 5.69 Å². The number of benzene rings is 1. The summed E-state index contributed by atoms with van der Waals surface area (Å²) in [6.07, 6.45) is 2.08. The Kier molecular flexibility index (Phi) is 3.82. The van der Waals surface area contributed by atoms with Crippen LogP contribution in [0.2, 0.25) is 0 Å². The molecule has 4 heterocycles. The van der Waals surface area contributed by atoms with Gasteiger partial charge in [0.15, 0.2) is 0 Å². The second-order valence-corrected chi connectivity index (χ2v) is 7.65. The quantitative estimate of drug-likeness (QED) is 0.868. The third kappa shape index (κ3) is 2.71. The average molecular weight is 339 g/mol. The smallest absolute Gasteiger partial charge is 0.270 e. The zero-order chi connectivity index (χ0) is 17.7. The van der Waals surface area contributed by atoms with E-state index in [-0.39, 0.29) is 17.9 Å². The fraction of sp³-hybridized carbons (Fsp3) is 0.500. The number of nitrogens with zero attached hydrogens (tertiary/aromatic N) is 2. The van der Waals surface area contributed by atoms with Gasteiger partial charge in [-0.3, -0.25) is 9.59 Å². The summed E-state index contributed by atoms with van der Waals surface area (Å²) in [6.45, 7) is 7.90. The predicted molar refractivity (Wildman–Crippen MR) is 97.6 cm³/mol. The Morgan fingerprint density at radius 3 is 2.68 bits per heavy atom. The van der Waals surface area contributed by atoms with E-state index in [1.807, 2.05) is 22.8 Å². The summed E-state index contributed by atoms with van der Waals surface area (Å²) in [5, 5.41) is 1.12. The number of H-pyrrole nitrogens is 1. The van der Waals surface area contributed by atoms with Crippen molar-refractivity contribution in [3.63, 3.8) is 0 Å². The molecule has 0 radical (unpaired) electrons. The van der Waals surface area contributed by atoms with Crippen molar-refractivity contribution in [3.8, 4) is 0 Å². The van der Waals surface area contributed by atoms with Gasteiger partial charge in [0.2, 0.25) is 5.91 Å². The van der Waals surface area contributed by atoms with Crippen LogP contribution in [0, 0.1) is 19.8 Å². The number of amides is 2. The van der Waals surface area contributed by atoms with E-state index in [1.54, 1.807) is 6.92 Å². The van der Waals surface area contributed by atoms with Gasteiger partial charge < -0.3 is 14.8 Å². The van der Waals surface area contributed by atoms with Crippen LogP contribution in [0.4, 0.5) is 0 Å². The fourth-order valence-electron chi connectivity index (χ4n) is 4.39. The second kappa shape index (κ2) is 5.90.